The van der Waals surface area contributed by atoms with Crippen molar-refractivity contribution < 1.29 is 23.8 Å². The van der Waals surface area contributed by atoms with Crippen molar-refractivity contribution in [3.63, 3.8) is 0 Å². The molecule has 2 N–H and O–H groups in total. The van der Waals surface area contributed by atoms with Crippen LogP contribution in [0, 0.1) is 0 Å². The molecule has 2 aromatic rings. The molecule has 26 heavy (non-hydrogen) atoms. The lowest BCUT2D eigenvalue weighted by Gasteiger charge is -2.19. The highest BCUT2D eigenvalue weighted by atomic mass is 16.6. The highest BCUT2D eigenvalue weighted by Gasteiger charge is 2.13. The number of carbonyl (C=O) groups excluding carboxylic acids is 2. The summed E-state index contributed by atoms with van der Waals surface area (Å²) in [5, 5.41) is 5.91. The normalized spacial score (nSPS) is 12.2. The van der Waals surface area contributed by atoms with E-state index in [2.05, 4.69) is 10.6 Å². The maximum absolute atomic E-state index is 12.1. The van der Waals surface area contributed by atoms with E-state index in [-0.39, 0.29) is 12.3 Å². The Morgan fingerprint density at radius 1 is 1.08 bits per heavy atom. The van der Waals surface area contributed by atoms with Crippen LogP contribution in [0.3, 0.4) is 0 Å². The lowest BCUT2D eigenvalue weighted by atomic mass is 10.1. The molecule has 1 aliphatic rings. The molecule has 0 atom stereocenters. The van der Waals surface area contributed by atoms with Crippen molar-refractivity contribution in [3.8, 4) is 11.5 Å². The monoisotopic (exact) mass is 356 g/mol. The van der Waals surface area contributed by atoms with Crippen molar-refractivity contribution in [2.45, 2.75) is 6.42 Å². The molecule has 1 heterocycles. The third-order valence-corrected chi connectivity index (χ3v) is 3.83. The molecule has 136 valence electrons. The topological polar surface area (TPSA) is 85.9 Å². The Bertz CT molecular complexity index is 806. The summed E-state index contributed by atoms with van der Waals surface area (Å²) in [7, 11) is 1.33. The van der Waals surface area contributed by atoms with Crippen LogP contribution in [0.2, 0.25) is 0 Å². The lowest BCUT2D eigenvalue weighted by molar-refractivity contribution is -0.115. The first-order valence-electron chi connectivity index (χ1n) is 8.28. The molecule has 0 saturated heterocycles. The van der Waals surface area contributed by atoms with Gasteiger partial charge in [0.05, 0.1) is 12.7 Å². The molecule has 0 fully saturated rings. The second-order valence-electron chi connectivity index (χ2n) is 5.62. The van der Waals surface area contributed by atoms with E-state index in [1.807, 2.05) is 6.07 Å². The van der Waals surface area contributed by atoms with Gasteiger partial charge in [-0.25, -0.2) is 4.79 Å². The van der Waals surface area contributed by atoms with Gasteiger partial charge in [0.1, 0.15) is 13.2 Å². The Kier molecular flexibility index (Phi) is 5.58. The molecule has 1 amide bonds. The number of esters is 1. The molecule has 0 aliphatic carbocycles. The number of methoxy groups -OCH3 is 1. The number of ether oxygens (including phenoxy) is 3. The molecule has 0 radical (unpaired) electrons. The Balaban J connectivity index is 1.53. The van der Waals surface area contributed by atoms with Crippen LogP contribution >= 0.6 is 0 Å². The van der Waals surface area contributed by atoms with Gasteiger partial charge in [-0.05, 0) is 24.3 Å². The van der Waals surface area contributed by atoms with E-state index in [0.717, 1.165) is 0 Å². The molecular weight excluding hydrogens is 336 g/mol. The van der Waals surface area contributed by atoms with E-state index in [1.54, 1.807) is 36.4 Å². The Morgan fingerprint density at radius 3 is 2.65 bits per heavy atom. The Labute approximate surface area is 151 Å². The van der Waals surface area contributed by atoms with Crippen molar-refractivity contribution >= 4 is 23.3 Å². The number of carbonyl (C=O) groups is 2. The zero-order valence-corrected chi connectivity index (χ0v) is 14.4. The highest BCUT2D eigenvalue weighted by molar-refractivity contribution is 5.96. The van der Waals surface area contributed by atoms with Crippen LogP contribution in [0.25, 0.3) is 0 Å². The number of hydrogen-bond donors (Lipinski definition) is 2. The number of anilines is 2. The second kappa shape index (κ2) is 8.24. The van der Waals surface area contributed by atoms with Gasteiger partial charge in [0.25, 0.3) is 0 Å². The molecule has 0 unspecified atom stereocenters. The molecule has 0 saturated carbocycles. The lowest BCUT2D eigenvalue weighted by Crippen LogP contribution is -2.18. The van der Waals surface area contributed by atoms with Crippen LogP contribution in [0.15, 0.2) is 42.5 Å². The smallest absolute Gasteiger partial charge is 0.339 e. The van der Waals surface area contributed by atoms with Gasteiger partial charge in [0.2, 0.25) is 5.91 Å². The number of para-hydroxylation sites is 1. The maximum Gasteiger partial charge on any atom is 0.339 e. The maximum atomic E-state index is 12.1. The Hall–Kier alpha value is -3.22. The van der Waals surface area contributed by atoms with Gasteiger partial charge in [-0.15, -0.1) is 0 Å². The zero-order valence-electron chi connectivity index (χ0n) is 14.4. The van der Waals surface area contributed by atoms with Gasteiger partial charge in [0, 0.05) is 30.4 Å². The fraction of sp³-hybridized carbons (Fsp3) is 0.263. The summed E-state index contributed by atoms with van der Waals surface area (Å²) in [5.74, 6) is 0.730. The summed E-state index contributed by atoms with van der Waals surface area (Å²) >= 11 is 0. The third kappa shape index (κ3) is 4.24. The second-order valence-corrected chi connectivity index (χ2v) is 5.62. The number of fused-ring (bicyclic) bond motifs is 1. The average Bonchev–Trinajstić information content (AvgIpc) is 2.67. The van der Waals surface area contributed by atoms with Gasteiger partial charge in [0.15, 0.2) is 11.5 Å². The minimum Gasteiger partial charge on any atom is -0.486 e. The third-order valence-electron chi connectivity index (χ3n) is 3.83. The van der Waals surface area contributed by atoms with Crippen molar-refractivity contribution in [1.29, 1.82) is 0 Å². The van der Waals surface area contributed by atoms with Crippen LogP contribution in [-0.4, -0.2) is 38.7 Å². The van der Waals surface area contributed by atoms with Crippen LogP contribution in [0.4, 0.5) is 11.4 Å². The van der Waals surface area contributed by atoms with Crippen LogP contribution in [0.1, 0.15) is 16.8 Å². The molecule has 0 spiro atoms. The summed E-state index contributed by atoms with van der Waals surface area (Å²) < 4.78 is 15.7. The molecule has 0 bridgehead atoms. The van der Waals surface area contributed by atoms with E-state index in [4.69, 9.17) is 14.2 Å². The molecule has 1 aliphatic heterocycles. The van der Waals surface area contributed by atoms with Gasteiger partial charge >= 0.3 is 5.97 Å². The van der Waals surface area contributed by atoms with E-state index in [0.29, 0.717) is 48.2 Å². The highest BCUT2D eigenvalue weighted by Crippen LogP contribution is 2.32. The zero-order chi connectivity index (χ0) is 18.4. The number of benzene rings is 2. The quantitative estimate of drug-likeness (QED) is 0.774. The van der Waals surface area contributed by atoms with Crippen molar-refractivity contribution in [3.05, 3.63) is 48.0 Å². The minimum absolute atomic E-state index is 0.148. The van der Waals surface area contributed by atoms with E-state index >= 15 is 0 Å². The molecule has 2 aromatic carbocycles. The van der Waals surface area contributed by atoms with Crippen molar-refractivity contribution in [1.82, 2.24) is 0 Å². The standard InChI is InChI=1S/C19H20N2O5/c1-24-19(23)14-4-2-3-5-15(14)20-9-8-18(22)21-13-6-7-16-17(12-13)26-11-10-25-16/h2-7,12,20H,8-11H2,1H3,(H,21,22). The Morgan fingerprint density at radius 2 is 1.85 bits per heavy atom. The van der Waals surface area contributed by atoms with Crippen LogP contribution in [-0.2, 0) is 9.53 Å². The fourth-order valence-electron chi connectivity index (χ4n) is 2.58. The minimum atomic E-state index is -0.422. The number of amides is 1. The van der Waals surface area contributed by atoms with Gasteiger partial charge < -0.3 is 24.8 Å². The van der Waals surface area contributed by atoms with E-state index in [1.165, 1.54) is 7.11 Å². The number of nitrogens with one attached hydrogen (secondary N) is 2. The predicted octanol–water partition coefficient (Wildman–Crippen LogP) is 2.69. The summed E-state index contributed by atoms with van der Waals surface area (Å²) in [5.41, 5.74) is 1.71. The largest absolute Gasteiger partial charge is 0.486 e. The van der Waals surface area contributed by atoms with Gasteiger partial charge in [-0.3, -0.25) is 4.79 Å². The first-order valence-corrected chi connectivity index (χ1v) is 8.28. The molecule has 3 rings (SSSR count). The first-order chi connectivity index (χ1) is 12.7. The van der Waals surface area contributed by atoms with E-state index < -0.39 is 5.97 Å². The van der Waals surface area contributed by atoms with Gasteiger partial charge in [-0.2, -0.15) is 0 Å². The number of rotatable bonds is 6. The summed E-state index contributed by atoms with van der Waals surface area (Å²) in [4.78, 5) is 23.9. The summed E-state index contributed by atoms with van der Waals surface area (Å²) in [6, 6.07) is 12.3. The molecule has 7 heteroatoms. The predicted molar refractivity (Wildman–Crippen MR) is 96.9 cm³/mol. The number of hydrogen-bond acceptors (Lipinski definition) is 6. The fourth-order valence-corrected chi connectivity index (χ4v) is 2.58. The van der Waals surface area contributed by atoms with Crippen molar-refractivity contribution in [2.24, 2.45) is 0 Å². The van der Waals surface area contributed by atoms with Crippen LogP contribution in [0.5, 0.6) is 11.5 Å². The molecule has 7 nitrogen and oxygen atoms in total. The van der Waals surface area contributed by atoms with E-state index in [9.17, 15) is 9.59 Å². The SMILES string of the molecule is COC(=O)c1ccccc1NCCC(=O)Nc1ccc2c(c1)OCCO2. The average molecular weight is 356 g/mol. The summed E-state index contributed by atoms with van der Waals surface area (Å²) in [6.45, 7) is 1.40. The van der Waals surface area contributed by atoms with Crippen LogP contribution < -0.4 is 20.1 Å². The molecular formula is C19H20N2O5. The first kappa shape index (κ1) is 17.6. The molecule has 0 aromatic heterocycles. The van der Waals surface area contributed by atoms with Gasteiger partial charge in [-0.1, -0.05) is 12.1 Å². The van der Waals surface area contributed by atoms with Crippen molar-refractivity contribution in [2.75, 3.05) is 37.5 Å². The summed E-state index contributed by atoms with van der Waals surface area (Å²) in [6.07, 6.45) is 0.240.